The fourth-order valence-corrected chi connectivity index (χ4v) is 1.74. The lowest BCUT2D eigenvalue weighted by molar-refractivity contribution is 0.0827. The van der Waals surface area contributed by atoms with Crippen molar-refractivity contribution in [2.24, 2.45) is 5.92 Å². The monoisotopic (exact) mass is 249 g/mol. The minimum atomic E-state index is -0.296. The van der Waals surface area contributed by atoms with Crippen molar-refractivity contribution in [3.05, 3.63) is 23.9 Å². The summed E-state index contributed by atoms with van der Waals surface area (Å²) in [6, 6.07) is 3.50. The van der Waals surface area contributed by atoms with Crippen molar-refractivity contribution < 1.29 is 9.90 Å². The van der Waals surface area contributed by atoms with Crippen LogP contribution in [0.2, 0.25) is 0 Å². The minimum Gasteiger partial charge on any atom is -0.391 e. The minimum absolute atomic E-state index is 0.0629. The molecule has 2 N–H and O–H groups in total. The highest BCUT2D eigenvalue weighted by atomic mass is 16.3. The van der Waals surface area contributed by atoms with Crippen molar-refractivity contribution in [1.82, 2.24) is 9.88 Å². The van der Waals surface area contributed by atoms with E-state index in [0.29, 0.717) is 23.8 Å². The second kappa shape index (κ2) is 5.35. The van der Waals surface area contributed by atoms with Gasteiger partial charge in [-0.15, -0.1) is 0 Å². The maximum absolute atomic E-state index is 11.6. The number of nitrogens with zero attached hydrogens (tertiary/aromatic N) is 2. The molecule has 1 atom stereocenters. The summed E-state index contributed by atoms with van der Waals surface area (Å²) in [6.45, 7) is 0.513. The van der Waals surface area contributed by atoms with Gasteiger partial charge < -0.3 is 15.3 Å². The molecule has 5 nitrogen and oxygen atoms in total. The van der Waals surface area contributed by atoms with Crippen molar-refractivity contribution in [3.8, 4) is 0 Å². The normalized spacial score (nSPS) is 16.2. The van der Waals surface area contributed by atoms with Gasteiger partial charge in [-0.2, -0.15) is 0 Å². The SMILES string of the molecule is CN(C)C(=O)c1ccc(NCC(O)C2CC2)nc1. The fourth-order valence-electron chi connectivity index (χ4n) is 1.74. The summed E-state index contributed by atoms with van der Waals surface area (Å²) in [5.41, 5.74) is 0.563. The number of carbonyl (C=O) groups excluding carboxylic acids is 1. The first-order valence-electron chi connectivity index (χ1n) is 6.17. The molecule has 0 bridgehead atoms. The fraction of sp³-hybridized carbons (Fsp3) is 0.538. The molecule has 0 aromatic carbocycles. The number of nitrogens with one attached hydrogen (secondary N) is 1. The highest BCUT2D eigenvalue weighted by molar-refractivity contribution is 5.93. The van der Waals surface area contributed by atoms with E-state index in [9.17, 15) is 9.90 Å². The molecule has 1 aromatic heterocycles. The third kappa shape index (κ3) is 3.20. The van der Waals surface area contributed by atoms with Gasteiger partial charge >= 0.3 is 0 Å². The van der Waals surface area contributed by atoms with E-state index in [1.165, 1.54) is 4.90 Å². The molecule has 0 radical (unpaired) electrons. The van der Waals surface area contributed by atoms with Gasteiger partial charge in [0.2, 0.25) is 0 Å². The molecule has 2 rings (SSSR count). The molecule has 1 unspecified atom stereocenters. The molecule has 5 heteroatoms. The van der Waals surface area contributed by atoms with Crippen LogP contribution >= 0.6 is 0 Å². The van der Waals surface area contributed by atoms with Crippen molar-refractivity contribution in [2.45, 2.75) is 18.9 Å². The number of carbonyl (C=O) groups is 1. The number of hydrogen-bond donors (Lipinski definition) is 2. The van der Waals surface area contributed by atoms with Gasteiger partial charge in [-0.05, 0) is 30.9 Å². The molecule has 1 heterocycles. The Bertz CT molecular complexity index is 413. The van der Waals surface area contributed by atoms with Crippen LogP contribution < -0.4 is 5.32 Å². The maximum Gasteiger partial charge on any atom is 0.254 e. The summed E-state index contributed by atoms with van der Waals surface area (Å²) >= 11 is 0. The second-order valence-corrected chi connectivity index (χ2v) is 4.92. The van der Waals surface area contributed by atoms with Crippen LogP contribution in [0.15, 0.2) is 18.3 Å². The van der Waals surface area contributed by atoms with Crippen LogP contribution in [0.1, 0.15) is 23.2 Å². The van der Waals surface area contributed by atoms with E-state index in [1.54, 1.807) is 32.4 Å². The summed E-state index contributed by atoms with van der Waals surface area (Å²) < 4.78 is 0. The maximum atomic E-state index is 11.6. The van der Waals surface area contributed by atoms with Gasteiger partial charge in [0.1, 0.15) is 5.82 Å². The average molecular weight is 249 g/mol. The Kier molecular flexibility index (Phi) is 3.81. The third-order valence-corrected chi connectivity index (χ3v) is 3.08. The van der Waals surface area contributed by atoms with Gasteiger partial charge in [0.25, 0.3) is 5.91 Å². The van der Waals surface area contributed by atoms with Crippen LogP contribution in [-0.2, 0) is 0 Å². The predicted molar refractivity (Wildman–Crippen MR) is 69.5 cm³/mol. The molecule has 0 saturated heterocycles. The number of aliphatic hydroxyl groups excluding tert-OH is 1. The zero-order chi connectivity index (χ0) is 13.1. The standard InChI is InChI=1S/C13H19N3O2/c1-16(2)13(18)10-5-6-12(14-7-10)15-8-11(17)9-3-4-9/h5-7,9,11,17H,3-4,8H2,1-2H3,(H,14,15). The first-order valence-corrected chi connectivity index (χ1v) is 6.17. The zero-order valence-electron chi connectivity index (χ0n) is 10.8. The third-order valence-electron chi connectivity index (χ3n) is 3.08. The Hall–Kier alpha value is -1.62. The van der Waals surface area contributed by atoms with Crippen LogP contribution in [0.25, 0.3) is 0 Å². The van der Waals surface area contributed by atoms with Gasteiger partial charge in [0.15, 0.2) is 0 Å². The molecule has 1 aromatic rings. The molecule has 1 aliphatic carbocycles. The summed E-state index contributed by atoms with van der Waals surface area (Å²) in [5, 5.41) is 12.8. The van der Waals surface area contributed by atoms with Crippen molar-refractivity contribution >= 4 is 11.7 Å². The summed E-state index contributed by atoms with van der Waals surface area (Å²) in [4.78, 5) is 17.3. The van der Waals surface area contributed by atoms with Gasteiger partial charge in [-0.25, -0.2) is 4.98 Å². The lowest BCUT2D eigenvalue weighted by atomic mass is 10.2. The van der Waals surface area contributed by atoms with Crippen LogP contribution in [-0.4, -0.2) is 47.6 Å². The Morgan fingerprint density at radius 1 is 1.56 bits per heavy atom. The van der Waals surface area contributed by atoms with Crippen molar-refractivity contribution in [1.29, 1.82) is 0 Å². The van der Waals surface area contributed by atoms with Gasteiger partial charge in [0, 0.05) is 26.8 Å². The highest BCUT2D eigenvalue weighted by Gasteiger charge is 2.29. The van der Waals surface area contributed by atoms with Crippen molar-refractivity contribution in [2.75, 3.05) is 26.0 Å². The molecule has 18 heavy (non-hydrogen) atoms. The van der Waals surface area contributed by atoms with E-state index in [1.807, 2.05) is 0 Å². The van der Waals surface area contributed by atoms with E-state index < -0.39 is 0 Å². The smallest absolute Gasteiger partial charge is 0.254 e. The predicted octanol–water partition coefficient (Wildman–Crippen LogP) is 0.966. The molecule has 1 fully saturated rings. The first kappa shape index (κ1) is 12.8. The van der Waals surface area contributed by atoms with Gasteiger partial charge in [0.05, 0.1) is 11.7 Å². The Labute approximate surface area is 107 Å². The van der Waals surface area contributed by atoms with E-state index in [4.69, 9.17) is 0 Å². The Morgan fingerprint density at radius 2 is 2.28 bits per heavy atom. The Balaban J connectivity index is 1.88. The molecule has 98 valence electrons. The van der Waals surface area contributed by atoms with E-state index >= 15 is 0 Å². The van der Waals surface area contributed by atoms with Crippen molar-refractivity contribution in [3.63, 3.8) is 0 Å². The van der Waals surface area contributed by atoms with Gasteiger partial charge in [-0.1, -0.05) is 0 Å². The van der Waals surface area contributed by atoms with Crippen LogP contribution in [0, 0.1) is 5.92 Å². The highest BCUT2D eigenvalue weighted by Crippen LogP contribution is 2.32. The lowest BCUT2D eigenvalue weighted by Gasteiger charge is -2.12. The van der Waals surface area contributed by atoms with E-state index in [0.717, 1.165) is 12.8 Å². The molecule has 1 saturated carbocycles. The molecule has 1 aliphatic rings. The number of rotatable bonds is 5. The Morgan fingerprint density at radius 3 is 2.78 bits per heavy atom. The first-order chi connectivity index (χ1) is 8.58. The molecule has 0 aliphatic heterocycles. The number of anilines is 1. The molecular weight excluding hydrogens is 230 g/mol. The number of pyridine rings is 1. The average Bonchev–Trinajstić information content (AvgIpc) is 3.20. The van der Waals surface area contributed by atoms with Gasteiger partial charge in [-0.3, -0.25) is 4.79 Å². The zero-order valence-corrected chi connectivity index (χ0v) is 10.8. The largest absolute Gasteiger partial charge is 0.391 e. The topological polar surface area (TPSA) is 65.5 Å². The van der Waals surface area contributed by atoms with E-state index in [2.05, 4.69) is 10.3 Å². The summed E-state index contributed by atoms with van der Waals surface area (Å²) in [7, 11) is 3.42. The lowest BCUT2D eigenvalue weighted by Crippen LogP contribution is -2.23. The quantitative estimate of drug-likeness (QED) is 0.816. The van der Waals surface area contributed by atoms with E-state index in [-0.39, 0.29) is 12.0 Å². The summed E-state index contributed by atoms with van der Waals surface area (Å²) in [6.07, 6.45) is 3.49. The second-order valence-electron chi connectivity index (χ2n) is 4.92. The molecule has 1 amide bonds. The number of amides is 1. The van der Waals surface area contributed by atoms with Crippen LogP contribution in [0.5, 0.6) is 0 Å². The summed E-state index contributed by atoms with van der Waals surface area (Å²) in [5.74, 6) is 1.07. The molecule has 0 spiro atoms. The van der Waals surface area contributed by atoms with Crippen LogP contribution in [0.3, 0.4) is 0 Å². The van der Waals surface area contributed by atoms with Crippen LogP contribution in [0.4, 0.5) is 5.82 Å². The molecular formula is C13H19N3O2. The number of aliphatic hydroxyl groups is 1. The number of hydrogen-bond acceptors (Lipinski definition) is 4. The number of aromatic nitrogens is 1.